The molecule has 0 aliphatic heterocycles. The Kier molecular flexibility index (Phi) is 6.74. The van der Waals surface area contributed by atoms with Crippen LogP contribution in [0.15, 0.2) is 30.3 Å². The molecule has 0 spiro atoms. The molecule has 2 rings (SSSR count). The number of hydrogen-bond donors (Lipinski definition) is 2. The van der Waals surface area contributed by atoms with Crippen molar-refractivity contribution in [3.8, 4) is 0 Å². The first-order valence-electron chi connectivity index (χ1n) is 8.29. The fourth-order valence-electron chi connectivity index (χ4n) is 3.09. The van der Waals surface area contributed by atoms with E-state index in [1.807, 2.05) is 30.3 Å². The Morgan fingerprint density at radius 3 is 2.48 bits per heavy atom. The summed E-state index contributed by atoms with van der Waals surface area (Å²) in [7, 11) is 0. The van der Waals surface area contributed by atoms with Gasteiger partial charge in [0.1, 0.15) is 0 Å². The van der Waals surface area contributed by atoms with Crippen LogP contribution in [0.4, 0.5) is 0 Å². The van der Waals surface area contributed by atoms with Gasteiger partial charge in [0, 0.05) is 12.6 Å². The Balaban J connectivity index is 1.65. The zero-order valence-electron chi connectivity index (χ0n) is 13.1. The predicted molar refractivity (Wildman–Crippen MR) is 86.9 cm³/mol. The smallest absolute Gasteiger partial charge is 0.234 e. The van der Waals surface area contributed by atoms with Crippen molar-refractivity contribution < 1.29 is 4.79 Å². The predicted octanol–water partition coefficient (Wildman–Crippen LogP) is 3.25. The first-order chi connectivity index (χ1) is 10.3. The summed E-state index contributed by atoms with van der Waals surface area (Å²) in [4.78, 5) is 11.9. The molecular weight excluding hydrogens is 260 g/mol. The number of hydrogen-bond acceptors (Lipinski definition) is 2. The largest absolute Gasteiger partial charge is 0.351 e. The van der Waals surface area contributed by atoms with E-state index in [2.05, 4.69) is 17.6 Å². The number of rotatable bonds is 6. The Morgan fingerprint density at radius 2 is 1.81 bits per heavy atom. The normalized spacial score (nSPS) is 18.0. The van der Waals surface area contributed by atoms with Gasteiger partial charge in [0.25, 0.3) is 0 Å². The summed E-state index contributed by atoms with van der Waals surface area (Å²) in [5.41, 5.74) is 1.14. The number of carbonyl (C=O) groups excluding carboxylic acids is 1. The molecule has 1 aliphatic carbocycles. The third-order valence-electron chi connectivity index (χ3n) is 4.52. The highest BCUT2D eigenvalue weighted by molar-refractivity contribution is 5.78. The van der Waals surface area contributed by atoms with Gasteiger partial charge in [-0.1, -0.05) is 56.0 Å². The van der Waals surface area contributed by atoms with Crippen LogP contribution >= 0.6 is 0 Å². The van der Waals surface area contributed by atoms with Crippen LogP contribution in [0.25, 0.3) is 0 Å². The molecule has 0 bridgehead atoms. The van der Waals surface area contributed by atoms with E-state index in [1.54, 1.807) is 0 Å². The van der Waals surface area contributed by atoms with Gasteiger partial charge in [-0.05, 0) is 31.2 Å². The molecule has 2 N–H and O–H groups in total. The van der Waals surface area contributed by atoms with Gasteiger partial charge in [0.05, 0.1) is 6.54 Å². The molecule has 0 heterocycles. The summed E-state index contributed by atoms with van der Waals surface area (Å²) < 4.78 is 0. The Hall–Kier alpha value is -1.35. The second kappa shape index (κ2) is 8.83. The average molecular weight is 288 g/mol. The first kappa shape index (κ1) is 16.0. The van der Waals surface area contributed by atoms with Crippen LogP contribution < -0.4 is 10.6 Å². The lowest BCUT2D eigenvalue weighted by atomic mass is 9.93. The van der Waals surface area contributed by atoms with Gasteiger partial charge in [0.15, 0.2) is 0 Å². The van der Waals surface area contributed by atoms with E-state index >= 15 is 0 Å². The molecule has 1 aromatic rings. The highest BCUT2D eigenvalue weighted by Crippen LogP contribution is 2.25. The first-order valence-corrected chi connectivity index (χ1v) is 8.29. The Labute approximate surface area is 128 Å². The molecule has 1 atom stereocenters. The monoisotopic (exact) mass is 288 g/mol. The molecule has 1 amide bonds. The summed E-state index contributed by atoms with van der Waals surface area (Å²) in [6.45, 7) is 3.25. The molecule has 1 aromatic carbocycles. The van der Waals surface area contributed by atoms with Gasteiger partial charge in [0.2, 0.25) is 5.91 Å². The maximum Gasteiger partial charge on any atom is 0.234 e. The van der Waals surface area contributed by atoms with Gasteiger partial charge >= 0.3 is 0 Å². The molecule has 0 unspecified atom stereocenters. The molecular formula is C18H28N2O. The van der Waals surface area contributed by atoms with Crippen molar-refractivity contribution >= 4 is 5.91 Å². The Morgan fingerprint density at radius 1 is 1.14 bits per heavy atom. The van der Waals surface area contributed by atoms with Gasteiger partial charge < -0.3 is 10.6 Å². The van der Waals surface area contributed by atoms with Crippen LogP contribution in [0.5, 0.6) is 0 Å². The number of benzene rings is 1. The van der Waals surface area contributed by atoms with Crippen LogP contribution in [0.3, 0.4) is 0 Å². The summed E-state index contributed by atoms with van der Waals surface area (Å²) in [5, 5.41) is 6.37. The van der Waals surface area contributed by atoms with Crippen LogP contribution in [0.2, 0.25) is 0 Å². The molecule has 1 aliphatic rings. The minimum Gasteiger partial charge on any atom is -0.351 e. The van der Waals surface area contributed by atoms with E-state index in [0.717, 1.165) is 11.5 Å². The molecule has 1 saturated carbocycles. The van der Waals surface area contributed by atoms with Crippen molar-refractivity contribution in [3.63, 3.8) is 0 Å². The van der Waals surface area contributed by atoms with Crippen molar-refractivity contribution in [3.05, 3.63) is 35.9 Å². The maximum atomic E-state index is 11.9. The number of amides is 1. The van der Waals surface area contributed by atoms with Gasteiger partial charge in [-0.3, -0.25) is 4.79 Å². The second-order valence-corrected chi connectivity index (χ2v) is 6.18. The average Bonchev–Trinajstić information content (AvgIpc) is 2.81. The van der Waals surface area contributed by atoms with Gasteiger partial charge in [-0.15, -0.1) is 0 Å². The van der Waals surface area contributed by atoms with Gasteiger partial charge in [-0.25, -0.2) is 0 Å². The highest BCUT2D eigenvalue weighted by atomic mass is 16.1. The maximum absolute atomic E-state index is 11.9. The summed E-state index contributed by atoms with van der Waals surface area (Å²) in [6.07, 6.45) is 8.05. The van der Waals surface area contributed by atoms with Crippen molar-refractivity contribution in [1.82, 2.24) is 10.6 Å². The minimum atomic E-state index is 0.0827. The molecule has 0 aromatic heterocycles. The standard InChI is InChI=1S/C18H28N2O/c1-15(17-11-7-2-3-8-12-17)19-14-18(21)20-13-16-9-5-4-6-10-16/h4-6,9-10,15,17,19H,2-3,7-8,11-14H2,1H3,(H,20,21)/t15-/m1/s1. The molecule has 0 radical (unpaired) electrons. The summed E-state index contributed by atoms with van der Waals surface area (Å²) in [5.74, 6) is 0.814. The van der Waals surface area contributed by atoms with Crippen molar-refractivity contribution in [2.45, 2.75) is 58.0 Å². The van der Waals surface area contributed by atoms with E-state index in [9.17, 15) is 4.79 Å². The quantitative estimate of drug-likeness (QED) is 0.789. The lowest BCUT2D eigenvalue weighted by Gasteiger charge is -2.23. The lowest BCUT2D eigenvalue weighted by Crippen LogP contribution is -2.41. The van der Waals surface area contributed by atoms with E-state index in [-0.39, 0.29) is 5.91 Å². The molecule has 1 fully saturated rings. The zero-order valence-corrected chi connectivity index (χ0v) is 13.1. The van der Waals surface area contributed by atoms with E-state index in [0.29, 0.717) is 19.1 Å². The van der Waals surface area contributed by atoms with Crippen LogP contribution in [-0.2, 0) is 11.3 Å². The molecule has 0 saturated heterocycles. The lowest BCUT2D eigenvalue weighted by molar-refractivity contribution is -0.120. The van der Waals surface area contributed by atoms with E-state index < -0.39 is 0 Å². The van der Waals surface area contributed by atoms with Crippen molar-refractivity contribution in [2.75, 3.05) is 6.54 Å². The summed E-state index contributed by atoms with van der Waals surface area (Å²) >= 11 is 0. The molecule has 3 heteroatoms. The number of nitrogens with one attached hydrogen (secondary N) is 2. The van der Waals surface area contributed by atoms with Crippen LogP contribution in [-0.4, -0.2) is 18.5 Å². The minimum absolute atomic E-state index is 0.0827. The third kappa shape index (κ3) is 5.88. The van der Waals surface area contributed by atoms with E-state index in [4.69, 9.17) is 0 Å². The highest BCUT2D eigenvalue weighted by Gasteiger charge is 2.19. The Bertz CT molecular complexity index is 410. The fraction of sp³-hybridized carbons (Fsp3) is 0.611. The van der Waals surface area contributed by atoms with Crippen LogP contribution in [0.1, 0.15) is 51.0 Å². The van der Waals surface area contributed by atoms with Crippen LogP contribution in [0, 0.1) is 5.92 Å². The second-order valence-electron chi connectivity index (χ2n) is 6.18. The number of carbonyl (C=O) groups is 1. The van der Waals surface area contributed by atoms with E-state index in [1.165, 1.54) is 38.5 Å². The molecule has 3 nitrogen and oxygen atoms in total. The SMILES string of the molecule is C[C@@H](NCC(=O)NCc1ccccc1)C1CCCCCC1. The summed E-state index contributed by atoms with van der Waals surface area (Å²) in [6, 6.07) is 10.5. The third-order valence-corrected chi connectivity index (χ3v) is 4.52. The molecule has 116 valence electrons. The van der Waals surface area contributed by atoms with Crippen molar-refractivity contribution in [2.24, 2.45) is 5.92 Å². The van der Waals surface area contributed by atoms with Gasteiger partial charge in [-0.2, -0.15) is 0 Å². The molecule has 21 heavy (non-hydrogen) atoms. The zero-order chi connectivity index (χ0) is 14.9. The topological polar surface area (TPSA) is 41.1 Å². The van der Waals surface area contributed by atoms with Crippen molar-refractivity contribution in [1.29, 1.82) is 0 Å². The fourth-order valence-corrected chi connectivity index (χ4v) is 3.09.